The van der Waals surface area contributed by atoms with E-state index in [4.69, 9.17) is 0 Å². The molecule has 1 aliphatic rings. The molecule has 92 valence electrons. The molecule has 1 aromatic heterocycles. The fraction of sp³-hybridized carbons (Fsp3) is 0.538. The third kappa shape index (κ3) is 3.03. The van der Waals surface area contributed by atoms with Gasteiger partial charge in [0.1, 0.15) is 0 Å². The van der Waals surface area contributed by atoms with Gasteiger partial charge < -0.3 is 10.2 Å². The number of nitrogens with one attached hydrogen (secondary N) is 1. The van der Waals surface area contributed by atoms with Crippen LogP contribution >= 0.6 is 0 Å². The van der Waals surface area contributed by atoms with Gasteiger partial charge in [-0.05, 0) is 24.5 Å². The lowest BCUT2D eigenvalue weighted by Gasteiger charge is -2.23. The number of carbonyl (C=O) groups excluding carboxylic acids is 1. The van der Waals surface area contributed by atoms with Crippen LogP contribution in [0.4, 0.5) is 0 Å². The molecule has 2 atom stereocenters. The Morgan fingerprint density at radius 2 is 2.35 bits per heavy atom. The van der Waals surface area contributed by atoms with Gasteiger partial charge in [0.05, 0.1) is 6.04 Å². The van der Waals surface area contributed by atoms with Crippen molar-refractivity contribution in [3.05, 3.63) is 30.1 Å². The van der Waals surface area contributed by atoms with Crippen molar-refractivity contribution in [3.63, 3.8) is 0 Å². The van der Waals surface area contributed by atoms with Gasteiger partial charge in [-0.15, -0.1) is 0 Å². The van der Waals surface area contributed by atoms with E-state index in [-0.39, 0.29) is 11.9 Å². The Bertz CT molecular complexity index is 380. The summed E-state index contributed by atoms with van der Waals surface area (Å²) in [7, 11) is 0. The molecule has 0 radical (unpaired) electrons. The van der Waals surface area contributed by atoms with E-state index in [2.05, 4.69) is 17.2 Å². The maximum absolute atomic E-state index is 12.1. The van der Waals surface area contributed by atoms with Gasteiger partial charge in [-0.25, -0.2) is 0 Å². The molecule has 1 aliphatic heterocycles. The Labute approximate surface area is 102 Å². The van der Waals surface area contributed by atoms with Gasteiger partial charge >= 0.3 is 0 Å². The van der Waals surface area contributed by atoms with Gasteiger partial charge in [-0.1, -0.05) is 13.0 Å². The number of rotatable bonds is 2. The summed E-state index contributed by atoms with van der Waals surface area (Å²) >= 11 is 0. The number of pyridine rings is 1. The van der Waals surface area contributed by atoms with Crippen LogP contribution in [0.3, 0.4) is 0 Å². The van der Waals surface area contributed by atoms with Crippen molar-refractivity contribution in [2.45, 2.75) is 26.4 Å². The van der Waals surface area contributed by atoms with Crippen molar-refractivity contribution < 1.29 is 4.79 Å². The maximum atomic E-state index is 12.1. The molecule has 1 saturated heterocycles. The van der Waals surface area contributed by atoms with E-state index in [1.807, 2.05) is 30.2 Å². The first-order valence-electron chi connectivity index (χ1n) is 6.08. The lowest BCUT2D eigenvalue weighted by molar-refractivity contribution is -0.133. The number of hydrogen-bond acceptors (Lipinski definition) is 3. The van der Waals surface area contributed by atoms with E-state index >= 15 is 0 Å². The highest BCUT2D eigenvalue weighted by Gasteiger charge is 2.25. The van der Waals surface area contributed by atoms with Crippen LogP contribution in [0, 0.1) is 5.92 Å². The topological polar surface area (TPSA) is 45.2 Å². The smallest absolute Gasteiger partial charge is 0.239 e. The van der Waals surface area contributed by atoms with Crippen molar-refractivity contribution in [1.29, 1.82) is 0 Å². The van der Waals surface area contributed by atoms with Crippen molar-refractivity contribution >= 4 is 5.91 Å². The molecule has 2 rings (SSSR count). The van der Waals surface area contributed by atoms with Crippen LogP contribution in [0.15, 0.2) is 24.5 Å². The Hall–Kier alpha value is -1.42. The minimum absolute atomic E-state index is 0.0865. The Morgan fingerprint density at radius 1 is 1.53 bits per heavy atom. The van der Waals surface area contributed by atoms with E-state index < -0.39 is 0 Å². The summed E-state index contributed by atoms with van der Waals surface area (Å²) in [5.41, 5.74) is 1.09. The lowest BCUT2D eigenvalue weighted by Crippen LogP contribution is -2.41. The number of aromatic nitrogens is 1. The van der Waals surface area contributed by atoms with Gasteiger partial charge in [-0.3, -0.25) is 9.78 Å². The maximum Gasteiger partial charge on any atom is 0.239 e. The van der Waals surface area contributed by atoms with Crippen molar-refractivity contribution in [1.82, 2.24) is 15.2 Å². The largest absolute Gasteiger partial charge is 0.337 e. The standard InChI is InChI=1S/C13H19N3O/c1-10-6-15-11(2)13(17)16(8-10)9-12-4-3-5-14-7-12/h3-5,7,10-11,15H,6,8-9H2,1-2H3. The van der Waals surface area contributed by atoms with E-state index in [0.717, 1.165) is 18.7 Å². The van der Waals surface area contributed by atoms with Crippen LogP contribution in [-0.2, 0) is 11.3 Å². The molecular weight excluding hydrogens is 214 g/mol. The predicted molar refractivity (Wildman–Crippen MR) is 66.3 cm³/mol. The summed E-state index contributed by atoms with van der Waals surface area (Å²) in [6.07, 6.45) is 3.57. The monoisotopic (exact) mass is 233 g/mol. The zero-order chi connectivity index (χ0) is 12.3. The van der Waals surface area contributed by atoms with E-state index in [1.165, 1.54) is 0 Å². The van der Waals surface area contributed by atoms with Crippen LogP contribution in [0.1, 0.15) is 19.4 Å². The molecule has 2 heterocycles. The quantitative estimate of drug-likeness (QED) is 0.830. The number of nitrogens with zero attached hydrogens (tertiary/aromatic N) is 2. The Kier molecular flexibility index (Phi) is 3.74. The first kappa shape index (κ1) is 12.0. The van der Waals surface area contributed by atoms with Crippen LogP contribution in [-0.4, -0.2) is 34.9 Å². The zero-order valence-corrected chi connectivity index (χ0v) is 10.4. The Balaban J connectivity index is 2.09. The molecule has 0 aromatic carbocycles. The van der Waals surface area contributed by atoms with Gasteiger partial charge in [-0.2, -0.15) is 0 Å². The predicted octanol–water partition coefficient (Wildman–Crippen LogP) is 1.04. The summed E-state index contributed by atoms with van der Waals surface area (Å²) in [4.78, 5) is 18.1. The van der Waals surface area contributed by atoms with Crippen molar-refractivity contribution in [2.75, 3.05) is 13.1 Å². The average Bonchev–Trinajstić information content (AvgIpc) is 2.45. The molecule has 1 amide bonds. The fourth-order valence-corrected chi connectivity index (χ4v) is 2.12. The highest BCUT2D eigenvalue weighted by atomic mass is 16.2. The van der Waals surface area contributed by atoms with Crippen LogP contribution in [0.25, 0.3) is 0 Å². The molecule has 0 bridgehead atoms. The number of amides is 1. The molecule has 0 aliphatic carbocycles. The molecule has 1 N–H and O–H groups in total. The van der Waals surface area contributed by atoms with Gasteiger partial charge in [0.15, 0.2) is 0 Å². The SMILES string of the molecule is CC1CNC(C)C(=O)N(Cc2cccnc2)C1. The molecule has 0 saturated carbocycles. The lowest BCUT2D eigenvalue weighted by atomic mass is 10.1. The minimum Gasteiger partial charge on any atom is -0.337 e. The summed E-state index contributed by atoms with van der Waals surface area (Å²) in [6.45, 7) is 6.45. The third-order valence-corrected chi connectivity index (χ3v) is 3.08. The second-order valence-corrected chi connectivity index (χ2v) is 4.82. The van der Waals surface area contributed by atoms with E-state index in [1.54, 1.807) is 6.20 Å². The Morgan fingerprint density at radius 3 is 3.06 bits per heavy atom. The molecule has 17 heavy (non-hydrogen) atoms. The molecule has 4 nitrogen and oxygen atoms in total. The first-order valence-corrected chi connectivity index (χ1v) is 6.08. The van der Waals surface area contributed by atoms with Gasteiger partial charge in [0.25, 0.3) is 0 Å². The van der Waals surface area contributed by atoms with E-state index in [0.29, 0.717) is 12.5 Å². The summed E-state index contributed by atoms with van der Waals surface area (Å²) in [6, 6.07) is 3.83. The molecular formula is C13H19N3O. The normalized spacial score (nSPS) is 25.8. The molecule has 1 aromatic rings. The summed E-state index contributed by atoms with van der Waals surface area (Å²) in [5, 5.41) is 3.25. The molecule has 4 heteroatoms. The van der Waals surface area contributed by atoms with Crippen LogP contribution in [0.5, 0.6) is 0 Å². The number of carbonyl (C=O) groups is 1. The number of hydrogen-bond donors (Lipinski definition) is 1. The second-order valence-electron chi connectivity index (χ2n) is 4.82. The molecule has 2 unspecified atom stereocenters. The highest BCUT2D eigenvalue weighted by molar-refractivity contribution is 5.81. The molecule has 1 fully saturated rings. The van der Waals surface area contributed by atoms with Crippen molar-refractivity contribution in [3.8, 4) is 0 Å². The van der Waals surface area contributed by atoms with E-state index in [9.17, 15) is 4.79 Å². The zero-order valence-electron chi connectivity index (χ0n) is 10.4. The third-order valence-electron chi connectivity index (χ3n) is 3.08. The summed E-state index contributed by atoms with van der Waals surface area (Å²) in [5.74, 6) is 0.666. The molecule has 0 spiro atoms. The van der Waals surface area contributed by atoms with Crippen LogP contribution < -0.4 is 5.32 Å². The van der Waals surface area contributed by atoms with Crippen molar-refractivity contribution in [2.24, 2.45) is 5.92 Å². The van der Waals surface area contributed by atoms with Gasteiger partial charge in [0.2, 0.25) is 5.91 Å². The highest BCUT2D eigenvalue weighted by Crippen LogP contribution is 2.11. The summed E-state index contributed by atoms with van der Waals surface area (Å²) < 4.78 is 0. The first-order chi connectivity index (χ1) is 8.16. The second kappa shape index (κ2) is 5.27. The van der Waals surface area contributed by atoms with Gasteiger partial charge in [0, 0.05) is 32.0 Å². The minimum atomic E-state index is -0.0865. The van der Waals surface area contributed by atoms with Crippen LogP contribution in [0.2, 0.25) is 0 Å². The fourth-order valence-electron chi connectivity index (χ4n) is 2.12. The average molecular weight is 233 g/mol.